The lowest BCUT2D eigenvalue weighted by molar-refractivity contribution is -0.171. The molecule has 0 bridgehead atoms. The summed E-state index contributed by atoms with van der Waals surface area (Å²) < 4.78 is 11.8. The zero-order valence-corrected chi connectivity index (χ0v) is 22.2. The van der Waals surface area contributed by atoms with Crippen LogP contribution in [0.3, 0.4) is 0 Å². The summed E-state index contributed by atoms with van der Waals surface area (Å²) in [6.45, 7) is 14.9. The SMILES string of the molecule is CC[C@@H](C)[C@H]1CCC2C3C(=O)C[C@@H]4C[C@@](OC=O)(C5=NC(C)(C)CO5)CC[C@]4(C)C3CC[C@@]21C. The zero-order valence-electron chi connectivity index (χ0n) is 22.2. The first-order valence-corrected chi connectivity index (χ1v) is 13.9. The molecule has 3 unspecified atom stereocenters. The Morgan fingerprint density at radius 3 is 2.47 bits per heavy atom. The largest absolute Gasteiger partial charge is 0.476 e. The summed E-state index contributed by atoms with van der Waals surface area (Å²) in [6.07, 6.45) is 9.12. The van der Waals surface area contributed by atoms with E-state index in [0.717, 1.165) is 31.1 Å². The van der Waals surface area contributed by atoms with E-state index in [-0.39, 0.29) is 22.8 Å². The summed E-state index contributed by atoms with van der Waals surface area (Å²) >= 11 is 0. The van der Waals surface area contributed by atoms with Gasteiger partial charge in [-0.1, -0.05) is 34.1 Å². The average Bonchev–Trinajstić information content (AvgIpc) is 3.33. The van der Waals surface area contributed by atoms with Gasteiger partial charge < -0.3 is 9.47 Å². The molecular formula is C29H45NO4. The molecular weight excluding hydrogens is 426 g/mol. The van der Waals surface area contributed by atoms with E-state index in [1.54, 1.807) is 0 Å². The van der Waals surface area contributed by atoms with Crippen molar-refractivity contribution in [2.24, 2.45) is 51.3 Å². The monoisotopic (exact) mass is 471 g/mol. The summed E-state index contributed by atoms with van der Waals surface area (Å²) in [5.41, 5.74) is -0.693. The van der Waals surface area contributed by atoms with Gasteiger partial charge >= 0.3 is 0 Å². The average molecular weight is 472 g/mol. The highest BCUT2D eigenvalue weighted by atomic mass is 16.6. The van der Waals surface area contributed by atoms with E-state index in [0.29, 0.717) is 54.9 Å². The molecule has 190 valence electrons. The number of nitrogens with zero attached hydrogens (tertiary/aromatic N) is 1. The maximum atomic E-state index is 13.9. The second-order valence-corrected chi connectivity index (χ2v) is 13.7. The van der Waals surface area contributed by atoms with Crippen LogP contribution in [0.5, 0.6) is 0 Å². The smallest absolute Gasteiger partial charge is 0.294 e. The molecule has 34 heavy (non-hydrogen) atoms. The minimum Gasteiger partial charge on any atom is -0.476 e. The molecule has 0 radical (unpaired) electrons. The standard InChI is InChI=1S/C29H45NO4/c1-7-18(2)20-8-9-21-24-22(10-11-28(20,21)6)27(5)12-13-29(34-17-31,15-19(27)14-23(24)32)25-30-26(3,4)16-33-25/h17-22,24H,7-16H2,1-6H3/t18-,19-,20-,21?,22?,24?,27+,28-,29-/m1/s1. The molecule has 4 saturated carbocycles. The Kier molecular flexibility index (Phi) is 5.76. The summed E-state index contributed by atoms with van der Waals surface area (Å²) in [5, 5.41) is 0. The van der Waals surface area contributed by atoms with Gasteiger partial charge in [0.1, 0.15) is 12.4 Å². The summed E-state index contributed by atoms with van der Waals surface area (Å²) in [4.78, 5) is 30.3. The molecule has 4 aliphatic carbocycles. The highest BCUT2D eigenvalue weighted by molar-refractivity contribution is 5.89. The molecule has 1 heterocycles. The molecule has 5 nitrogen and oxygen atoms in total. The Balaban J connectivity index is 1.43. The van der Waals surface area contributed by atoms with E-state index in [9.17, 15) is 9.59 Å². The topological polar surface area (TPSA) is 65.0 Å². The van der Waals surface area contributed by atoms with E-state index in [1.165, 1.54) is 25.7 Å². The zero-order chi connectivity index (χ0) is 24.5. The Hall–Kier alpha value is -1.39. The maximum Gasteiger partial charge on any atom is 0.294 e. The number of hydrogen-bond donors (Lipinski definition) is 0. The van der Waals surface area contributed by atoms with Crippen LogP contribution in [0.2, 0.25) is 0 Å². The van der Waals surface area contributed by atoms with Crippen molar-refractivity contribution in [3.63, 3.8) is 0 Å². The van der Waals surface area contributed by atoms with Crippen molar-refractivity contribution in [3.05, 3.63) is 0 Å². The molecule has 5 heteroatoms. The lowest BCUT2D eigenvalue weighted by Crippen LogP contribution is -2.60. The number of carbonyl (C=O) groups is 2. The number of carbonyl (C=O) groups excluding carboxylic acids is 2. The number of fused-ring (bicyclic) bond motifs is 5. The Morgan fingerprint density at radius 2 is 1.82 bits per heavy atom. The Morgan fingerprint density at radius 1 is 1.09 bits per heavy atom. The fraction of sp³-hybridized carbons (Fsp3) is 0.897. The number of Topliss-reactive ketones (excluding diaryl/α,β-unsaturated/α-hetero) is 1. The number of aliphatic imine (C=N–C) groups is 1. The van der Waals surface area contributed by atoms with Gasteiger partial charge in [0, 0.05) is 18.8 Å². The van der Waals surface area contributed by atoms with Crippen molar-refractivity contribution >= 4 is 18.2 Å². The molecule has 9 atom stereocenters. The molecule has 0 N–H and O–H groups in total. The molecule has 0 amide bonds. The third kappa shape index (κ3) is 3.42. The van der Waals surface area contributed by atoms with Crippen LogP contribution in [0.1, 0.15) is 99.3 Å². The number of rotatable bonds is 5. The van der Waals surface area contributed by atoms with Crippen LogP contribution < -0.4 is 0 Å². The van der Waals surface area contributed by atoms with Crippen LogP contribution in [0.25, 0.3) is 0 Å². The molecule has 0 spiro atoms. The van der Waals surface area contributed by atoms with Gasteiger partial charge in [0.25, 0.3) is 6.47 Å². The summed E-state index contributed by atoms with van der Waals surface area (Å²) in [7, 11) is 0. The first-order chi connectivity index (χ1) is 16.0. The summed E-state index contributed by atoms with van der Waals surface area (Å²) in [5.74, 6) is 3.95. The Bertz CT molecular complexity index is 881. The van der Waals surface area contributed by atoms with Crippen LogP contribution >= 0.6 is 0 Å². The predicted molar refractivity (Wildman–Crippen MR) is 132 cm³/mol. The number of hydrogen-bond acceptors (Lipinski definition) is 5. The number of ether oxygens (including phenoxy) is 2. The first kappa shape index (κ1) is 24.3. The highest BCUT2D eigenvalue weighted by Gasteiger charge is 2.65. The van der Waals surface area contributed by atoms with Crippen molar-refractivity contribution in [1.29, 1.82) is 0 Å². The van der Waals surface area contributed by atoms with Crippen molar-refractivity contribution < 1.29 is 19.1 Å². The van der Waals surface area contributed by atoms with Gasteiger partial charge in [-0.15, -0.1) is 0 Å². The second-order valence-electron chi connectivity index (χ2n) is 13.7. The van der Waals surface area contributed by atoms with Crippen molar-refractivity contribution in [1.82, 2.24) is 0 Å². The second kappa shape index (κ2) is 8.06. The van der Waals surface area contributed by atoms with Gasteiger partial charge in [0.2, 0.25) is 5.90 Å². The summed E-state index contributed by atoms with van der Waals surface area (Å²) in [6, 6.07) is 0. The molecule has 4 fully saturated rings. The van der Waals surface area contributed by atoms with Gasteiger partial charge in [-0.25, -0.2) is 4.99 Å². The molecule has 0 aromatic heterocycles. The van der Waals surface area contributed by atoms with Crippen LogP contribution in [0.15, 0.2) is 4.99 Å². The van der Waals surface area contributed by atoms with Gasteiger partial charge in [0.05, 0.1) is 5.54 Å². The third-order valence-electron chi connectivity index (χ3n) is 11.5. The first-order valence-electron chi connectivity index (χ1n) is 13.9. The van der Waals surface area contributed by atoms with Gasteiger partial charge in [-0.2, -0.15) is 0 Å². The molecule has 0 aromatic carbocycles. The molecule has 5 aliphatic rings. The van der Waals surface area contributed by atoms with Crippen LogP contribution in [-0.2, 0) is 19.1 Å². The predicted octanol–water partition coefficient (Wildman–Crippen LogP) is 5.99. The van der Waals surface area contributed by atoms with E-state index in [1.807, 2.05) is 13.8 Å². The Labute approximate surface area is 205 Å². The quantitative estimate of drug-likeness (QED) is 0.462. The molecule has 5 rings (SSSR count). The van der Waals surface area contributed by atoms with Crippen molar-refractivity contribution in [2.45, 2.75) is 110 Å². The highest BCUT2D eigenvalue weighted by Crippen LogP contribution is 2.68. The van der Waals surface area contributed by atoms with Gasteiger partial charge in [0.15, 0.2) is 5.60 Å². The van der Waals surface area contributed by atoms with Crippen molar-refractivity contribution in [3.8, 4) is 0 Å². The van der Waals surface area contributed by atoms with Crippen molar-refractivity contribution in [2.75, 3.05) is 6.61 Å². The fourth-order valence-electron chi connectivity index (χ4n) is 9.43. The molecule has 1 aliphatic heterocycles. The molecule has 0 aromatic rings. The van der Waals surface area contributed by atoms with Gasteiger partial charge in [-0.3, -0.25) is 9.59 Å². The minimum atomic E-state index is -0.814. The van der Waals surface area contributed by atoms with E-state index in [4.69, 9.17) is 14.5 Å². The van der Waals surface area contributed by atoms with Crippen LogP contribution in [0.4, 0.5) is 0 Å². The molecule has 0 saturated heterocycles. The van der Waals surface area contributed by atoms with Crippen LogP contribution in [-0.4, -0.2) is 35.9 Å². The van der Waals surface area contributed by atoms with Crippen LogP contribution in [0, 0.1) is 46.3 Å². The minimum absolute atomic E-state index is 0.110. The van der Waals surface area contributed by atoms with E-state index < -0.39 is 5.60 Å². The number of ketones is 1. The maximum absolute atomic E-state index is 13.9. The normalized spacial score (nSPS) is 48.1. The van der Waals surface area contributed by atoms with Gasteiger partial charge in [-0.05, 0) is 92.8 Å². The van der Waals surface area contributed by atoms with E-state index >= 15 is 0 Å². The fourth-order valence-corrected chi connectivity index (χ4v) is 9.43. The lowest BCUT2D eigenvalue weighted by Gasteiger charge is -2.61. The van der Waals surface area contributed by atoms with E-state index in [2.05, 4.69) is 27.7 Å². The lowest BCUT2D eigenvalue weighted by atomic mass is 9.43. The third-order valence-corrected chi connectivity index (χ3v) is 11.5.